The number of benzene rings is 1. The zero-order chi connectivity index (χ0) is 17.6. The minimum atomic E-state index is -0.0202. The van der Waals surface area contributed by atoms with Crippen LogP contribution in [0.25, 0.3) is 0 Å². The zero-order valence-corrected chi connectivity index (χ0v) is 16.0. The van der Waals surface area contributed by atoms with Crippen LogP contribution in [0.15, 0.2) is 35.7 Å². The Labute approximate surface area is 161 Å². The molecule has 1 aromatic heterocycles. The van der Waals surface area contributed by atoms with E-state index in [1.807, 2.05) is 12.1 Å². The lowest BCUT2D eigenvalue weighted by Gasteiger charge is -2.34. The molecule has 1 atom stereocenters. The van der Waals surface area contributed by atoms with Crippen LogP contribution in [0.2, 0.25) is 10.0 Å². The molecule has 1 N–H and O–H groups in total. The summed E-state index contributed by atoms with van der Waals surface area (Å²) in [5, 5.41) is 6.10. The lowest BCUT2D eigenvalue weighted by atomic mass is 10.1. The van der Waals surface area contributed by atoms with Crippen LogP contribution in [-0.2, 0) is 16.0 Å². The Bertz CT molecular complexity index is 703. The number of hydrogen-bond donors (Lipinski definition) is 1. The van der Waals surface area contributed by atoms with Gasteiger partial charge in [0.05, 0.1) is 35.7 Å². The zero-order valence-electron chi connectivity index (χ0n) is 13.7. The molecule has 3 rings (SSSR count). The van der Waals surface area contributed by atoms with Crippen molar-refractivity contribution in [2.24, 2.45) is 0 Å². The average Bonchev–Trinajstić information content (AvgIpc) is 3.14. The van der Waals surface area contributed by atoms with Crippen molar-refractivity contribution in [2.45, 2.75) is 12.5 Å². The quantitative estimate of drug-likeness (QED) is 0.804. The van der Waals surface area contributed by atoms with Gasteiger partial charge in [0.15, 0.2) is 0 Å². The van der Waals surface area contributed by atoms with Crippen molar-refractivity contribution in [3.63, 3.8) is 0 Å². The van der Waals surface area contributed by atoms with E-state index in [4.69, 9.17) is 27.9 Å². The molecule has 1 unspecified atom stereocenters. The summed E-state index contributed by atoms with van der Waals surface area (Å²) in [4.78, 5) is 16.0. The van der Waals surface area contributed by atoms with Crippen LogP contribution >= 0.6 is 34.5 Å². The summed E-state index contributed by atoms with van der Waals surface area (Å²) in [5.74, 6) is -0.0202. The number of thiophene rings is 1. The van der Waals surface area contributed by atoms with E-state index in [9.17, 15) is 4.79 Å². The van der Waals surface area contributed by atoms with E-state index in [0.29, 0.717) is 16.6 Å². The van der Waals surface area contributed by atoms with E-state index < -0.39 is 0 Å². The number of amides is 1. The van der Waals surface area contributed by atoms with Gasteiger partial charge >= 0.3 is 0 Å². The Hall–Kier alpha value is -1.11. The fraction of sp³-hybridized carbons (Fsp3) is 0.389. The van der Waals surface area contributed by atoms with Gasteiger partial charge in [0.1, 0.15) is 0 Å². The molecule has 0 spiro atoms. The second-order valence-electron chi connectivity index (χ2n) is 5.91. The molecule has 2 aromatic rings. The van der Waals surface area contributed by atoms with Gasteiger partial charge in [0, 0.05) is 24.5 Å². The van der Waals surface area contributed by atoms with Crippen molar-refractivity contribution >= 4 is 40.4 Å². The van der Waals surface area contributed by atoms with Crippen LogP contribution in [0.5, 0.6) is 0 Å². The number of carbonyl (C=O) groups is 1. The molecule has 1 aliphatic heterocycles. The van der Waals surface area contributed by atoms with Gasteiger partial charge in [-0.1, -0.05) is 35.3 Å². The van der Waals surface area contributed by atoms with Crippen molar-refractivity contribution in [2.75, 3.05) is 32.8 Å². The smallest absolute Gasteiger partial charge is 0.224 e. The highest BCUT2D eigenvalue weighted by atomic mass is 35.5. The molecule has 0 saturated carbocycles. The van der Waals surface area contributed by atoms with Crippen LogP contribution in [0.3, 0.4) is 0 Å². The first-order valence-electron chi connectivity index (χ1n) is 8.19. The van der Waals surface area contributed by atoms with E-state index >= 15 is 0 Å². The molecule has 0 bridgehead atoms. The highest BCUT2D eigenvalue weighted by Crippen LogP contribution is 2.26. The SMILES string of the molecule is O=C(Cc1ccc(Cl)c(Cl)c1)NCC(c1cccs1)N1CCOCC1. The summed E-state index contributed by atoms with van der Waals surface area (Å²) >= 11 is 13.6. The summed E-state index contributed by atoms with van der Waals surface area (Å²) in [6.45, 7) is 3.81. The van der Waals surface area contributed by atoms with Gasteiger partial charge in [0.2, 0.25) is 5.91 Å². The lowest BCUT2D eigenvalue weighted by molar-refractivity contribution is -0.120. The molecule has 25 heavy (non-hydrogen) atoms. The summed E-state index contributed by atoms with van der Waals surface area (Å²) < 4.78 is 5.44. The normalized spacial score (nSPS) is 16.6. The topological polar surface area (TPSA) is 41.6 Å². The molecular weight excluding hydrogens is 379 g/mol. The molecule has 2 heterocycles. The molecule has 1 aliphatic rings. The molecule has 1 aromatic carbocycles. The Morgan fingerprint density at radius 2 is 2.04 bits per heavy atom. The summed E-state index contributed by atoms with van der Waals surface area (Å²) in [6.07, 6.45) is 0.289. The maximum Gasteiger partial charge on any atom is 0.224 e. The molecule has 0 radical (unpaired) electrons. The largest absolute Gasteiger partial charge is 0.379 e. The molecule has 1 amide bonds. The maximum atomic E-state index is 12.3. The highest BCUT2D eigenvalue weighted by molar-refractivity contribution is 7.10. The van der Waals surface area contributed by atoms with Crippen molar-refractivity contribution < 1.29 is 9.53 Å². The Kier molecular flexibility index (Phi) is 6.73. The Balaban J connectivity index is 1.60. The van der Waals surface area contributed by atoms with Gasteiger partial charge in [-0.15, -0.1) is 11.3 Å². The number of nitrogens with zero attached hydrogens (tertiary/aromatic N) is 1. The first-order valence-corrected chi connectivity index (χ1v) is 9.83. The number of halogens is 2. The van der Waals surface area contributed by atoms with Crippen molar-refractivity contribution in [3.8, 4) is 0 Å². The first kappa shape index (κ1) is 18.7. The predicted molar refractivity (Wildman–Crippen MR) is 103 cm³/mol. The number of hydrogen-bond acceptors (Lipinski definition) is 4. The third-order valence-corrected chi connectivity index (χ3v) is 5.91. The minimum Gasteiger partial charge on any atom is -0.379 e. The Morgan fingerprint density at radius 1 is 1.24 bits per heavy atom. The van der Waals surface area contributed by atoms with Crippen molar-refractivity contribution in [3.05, 3.63) is 56.2 Å². The van der Waals surface area contributed by atoms with Gasteiger partial charge in [-0.3, -0.25) is 9.69 Å². The van der Waals surface area contributed by atoms with Crippen LogP contribution < -0.4 is 5.32 Å². The van der Waals surface area contributed by atoms with Crippen LogP contribution in [0.4, 0.5) is 0 Å². The summed E-state index contributed by atoms with van der Waals surface area (Å²) in [6, 6.07) is 9.63. The monoisotopic (exact) mass is 398 g/mol. The van der Waals surface area contributed by atoms with Gasteiger partial charge in [0.25, 0.3) is 0 Å². The van der Waals surface area contributed by atoms with Crippen LogP contribution in [0, 0.1) is 0 Å². The highest BCUT2D eigenvalue weighted by Gasteiger charge is 2.23. The number of morpholine rings is 1. The van der Waals surface area contributed by atoms with Gasteiger partial charge in [-0.25, -0.2) is 0 Å². The van der Waals surface area contributed by atoms with E-state index in [0.717, 1.165) is 31.9 Å². The molecule has 1 fully saturated rings. The fourth-order valence-electron chi connectivity index (χ4n) is 2.89. The van der Waals surface area contributed by atoms with Crippen LogP contribution in [-0.4, -0.2) is 43.7 Å². The second-order valence-corrected chi connectivity index (χ2v) is 7.70. The predicted octanol–water partition coefficient (Wildman–Crippen LogP) is 3.79. The molecule has 0 aliphatic carbocycles. The number of ether oxygens (including phenoxy) is 1. The molecule has 1 saturated heterocycles. The maximum absolute atomic E-state index is 12.3. The van der Waals surface area contributed by atoms with Gasteiger partial charge in [-0.05, 0) is 29.1 Å². The molecular formula is C18H20Cl2N2O2S. The Morgan fingerprint density at radius 3 is 2.72 bits per heavy atom. The summed E-state index contributed by atoms with van der Waals surface area (Å²) in [5.41, 5.74) is 0.853. The first-order chi connectivity index (χ1) is 12.1. The number of nitrogens with one attached hydrogen (secondary N) is 1. The van der Waals surface area contributed by atoms with Gasteiger partial charge < -0.3 is 10.1 Å². The van der Waals surface area contributed by atoms with Crippen molar-refractivity contribution in [1.29, 1.82) is 0 Å². The molecule has 7 heteroatoms. The fourth-order valence-corrected chi connectivity index (χ4v) is 4.07. The summed E-state index contributed by atoms with van der Waals surface area (Å²) in [7, 11) is 0. The molecule has 134 valence electrons. The van der Waals surface area contributed by atoms with E-state index in [1.165, 1.54) is 4.88 Å². The van der Waals surface area contributed by atoms with E-state index in [-0.39, 0.29) is 18.4 Å². The minimum absolute atomic E-state index is 0.0202. The lowest BCUT2D eigenvalue weighted by Crippen LogP contribution is -2.43. The number of rotatable bonds is 6. The van der Waals surface area contributed by atoms with Crippen molar-refractivity contribution in [1.82, 2.24) is 10.2 Å². The third-order valence-electron chi connectivity index (χ3n) is 4.20. The standard InChI is InChI=1S/C18H20Cl2N2O2S/c19-14-4-3-13(10-15(14)20)11-18(23)21-12-16(17-2-1-9-25-17)22-5-7-24-8-6-22/h1-4,9-10,16H,5-8,11-12H2,(H,21,23). The molecule has 4 nitrogen and oxygen atoms in total. The average molecular weight is 399 g/mol. The van der Waals surface area contributed by atoms with Crippen LogP contribution in [0.1, 0.15) is 16.5 Å². The second kappa shape index (κ2) is 9.01. The van der Waals surface area contributed by atoms with E-state index in [2.05, 4.69) is 21.7 Å². The third kappa shape index (κ3) is 5.19. The van der Waals surface area contributed by atoms with E-state index in [1.54, 1.807) is 23.5 Å². The van der Waals surface area contributed by atoms with Gasteiger partial charge in [-0.2, -0.15) is 0 Å². The number of carbonyl (C=O) groups excluding carboxylic acids is 1.